The molecular formula is C17H15F2NO. The molecule has 21 heavy (non-hydrogen) atoms. The molecule has 0 aliphatic carbocycles. The second kappa shape index (κ2) is 5.28. The fraction of sp³-hybridized carbons (Fsp3) is 0.235. The average molecular weight is 287 g/mol. The third-order valence-corrected chi connectivity index (χ3v) is 3.83. The van der Waals surface area contributed by atoms with Crippen molar-refractivity contribution in [1.82, 2.24) is 0 Å². The van der Waals surface area contributed by atoms with Crippen LogP contribution in [0.5, 0.6) is 0 Å². The van der Waals surface area contributed by atoms with Crippen LogP contribution in [0.3, 0.4) is 0 Å². The number of carbonyl (C=O) groups excluding carboxylic acids is 1. The van der Waals surface area contributed by atoms with E-state index in [1.165, 1.54) is 19.1 Å². The van der Waals surface area contributed by atoms with Crippen molar-refractivity contribution in [3.8, 4) is 0 Å². The van der Waals surface area contributed by atoms with Crippen molar-refractivity contribution in [2.24, 2.45) is 0 Å². The highest BCUT2D eigenvalue weighted by atomic mass is 19.2. The Morgan fingerprint density at radius 1 is 1.14 bits per heavy atom. The van der Waals surface area contributed by atoms with Gasteiger partial charge in [-0.1, -0.05) is 6.07 Å². The largest absolute Gasteiger partial charge is 0.385 e. The minimum Gasteiger partial charge on any atom is -0.385 e. The maximum atomic E-state index is 13.9. The number of anilines is 1. The van der Waals surface area contributed by atoms with Gasteiger partial charge < -0.3 is 5.32 Å². The summed E-state index contributed by atoms with van der Waals surface area (Å²) >= 11 is 0. The maximum Gasteiger partial charge on any atom is 0.196 e. The molecule has 0 amide bonds. The van der Waals surface area contributed by atoms with Gasteiger partial charge in [0, 0.05) is 17.8 Å². The van der Waals surface area contributed by atoms with E-state index >= 15 is 0 Å². The zero-order chi connectivity index (χ0) is 15.0. The number of hydrogen-bond donors (Lipinski definition) is 1. The lowest BCUT2D eigenvalue weighted by molar-refractivity contribution is 0.103. The summed E-state index contributed by atoms with van der Waals surface area (Å²) in [6, 6.07) is 8.00. The van der Waals surface area contributed by atoms with E-state index in [2.05, 4.69) is 5.32 Å². The predicted molar refractivity (Wildman–Crippen MR) is 77.8 cm³/mol. The first-order valence-corrected chi connectivity index (χ1v) is 6.94. The number of ketones is 1. The van der Waals surface area contributed by atoms with Gasteiger partial charge in [-0.05, 0) is 55.2 Å². The monoisotopic (exact) mass is 287 g/mol. The van der Waals surface area contributed by atoms with Crippen LogP contribution < -0.4 is 5.32 Å². The van der Waals surface area contributed by atoms with Gasteiger partial charge in [0.2, 0.25) is 0 Å². The Bertz CT molecular complexity index is 725. The fourth-order valence-electron chi connectivity index (χ4n) is 2.59. The highest BCUT2D eigenvalue weighted by Gasteiger charge is 2.20. The third-order valence-electron chi connectivity index (χ3n) is 3.83. The topological polar surface area (TPSA) is 29.1 Å². The Kier molecular flexibility index (Phi) is 3.45. The fourth-order valence-corrected chi connectivity index (χ4v) is 2.59. The highest BCUT2D eigenvalue weighted by molar-refractivity contribution is 6.09. The van der Waals surface area contributed by atoms with Crippen molar-refractivity contribution >= 4 is 11.5 Å². The summed E-state index contributed by atoms with van der Waals surface area (Å²) in [5, 5.41) is 3.25. The summed E-state index contributed by atoms with van der Waals surface area (Å²) in [7, 11) is 0. The lowest BCUT2D eigenvalue weighted by Gasteiger charge is -2.18. The molecule has 0 aromatic heterocycles. The first kappa shape index (κ1) is 13.7. The van der Waals surface area contributed by atoms with Crippen LogP contribution in [0.15, 0.2) is 30.3 Å². The van der Waals surface area contributed by atoms with E-state index in [0.29, 0.717) is 5.56 Å². The standard InChI is InChI=1S/C17H15F2NO/c1-10-4-6-13(16(19)15(10)18)17(21)12-5-7-14-11(9-12)3-2-8-20-14/h4-7,9,20H,2-3,8H2,1H3. The van der Waals surface area contributed by atoms with Gasteiger partial charge in [-0.2, -0.15) is 0 Å². The molecule has 2 aromatic carbocycles. The summed E-state index contributed by atoms with van der Waals surface area (Å²) < 4.78 is 27.5. The second-order valence-corrected chi connectivity index (χ2v) is 5.29. The number of carbonyl (C=O) groups is 1. The number of aryl methyl sites for hydroxylation is 2. The van der Waals surface area contributed by atoms with E-state index in [1.807, 2.05) is 6.07 Å². The summed E-state index contributed by atoms with van der Waals surface area (Å²) in [6.45, 7) is 2.38. The molecule has 0 saturated heterocycles. The molecule has 2 nitrogen and oxygen atoms in total. The average Bonchev–Trinajstić information content (AvgIpc) is 2.52. The van der Waals surface area contributed by atoms with Gasteiger partial charge in [0.1, 0.15) is 0 Å². The third kappa shape index (κ3) is 2.42. The van der Waals surface area contributed by atoms with Gasteiger partial charge in [0.25, 0.3) is 0 Å². The number of halogens is 2. The van der Waals surface area contributed by atoms with E-state index in [0.717, 1.165) is 30.6 Å². The van der Waals surface area contributed by atoms with Crippen molar-refractivity contribution in [1.29, 1.82) is 0 Å². The molecule has 0 radical (unpaired) electrons. The number of hydrogen-bond acceptors (Lipinski definition) is 2. The SMILES string of the molecule is Cc1ccc(C(=O)c2ccc3c(c2)CCCN3)c(F)c1F. The van der Waals surface area contributed by atoms with Crippen molar-refractivity contribution in [2.45, 2.75) is 19.8 Å². The van der Waals surface area contributed by atoms with E-state index < -0.39 is 17.4 Å². The molecule has 1 aliphatic heterocycles. The molecule has 0 saturated carbocycles. The van der Waals surface area contributed by atoms with Crippen LogP contribution in [0.25, 0.3) is 0 Å². The molecule has 1 heterocycles. The van der Waals surface area contributed by atoms with E-state index in [-0.39, 0.29) is 11.1 Å². The summed E-state index contributed by atoms with van der Waals surface area (Å²) in [5.41, 5.74) is 2.41. The van der Waals surface area contributed by atoms with Crippen LogP contribution >= 0.6 is 0 Å². The number of fused-ring (bicyclic) bond motifs is 1. The zero-order valence-electron chi connectivity index (χ0n) is 11.7. The number of nitrogens with one attached hydrogen (secondary N) is 1. The van der Waals surface area contributed by atoms with E-state index in [4.69, 9.17) is 0 Å². The molecule has 0 atom stereocenters. The summed E-state index contributed by atoms with van der Waals surface area (Å²) in [4.78, 5) is 12.4. The Morgan fingerprint density at radius 2 is 1.95 bits per heavy atom. The highest BCUT2D eigenvalue weighted by Crippen LogP contribution is 2.25. The quantitative estimate of drug-likeness (QED) is 0.850. The van der Waals surface area contributed by atoms with Gasteiger partial charge in [0.15, 0.2) is 17.4 Å². The molecule has 4 heteroatoms. The van der Waals surface area contributed by atoms with Crippen LogP contribution in [0, 0.1) is 18.6 Å². The maximum absolute atomic E-state index is 13.9. The molecule has 0 unspecified atom stereocenters. The molecule has 2 aromatic rings. The number of rotatable bonds is 2. The van der Waals surface area contributed by atoms with E-state index in [1.54, 1.807) is 12.1 Å². The van der Waals surface area contributed by atoms with Crippen LogP contribution in [0.4, 0.5) is 14.5 Å². The van der Waals surface area contributed by atoms with E-state index in [9.17, 15) is 13.6 Å². The minimum absolute atomic E-state index is 0.193. The molecule has 0 spiro atoms. The van der Waals surface area contributed by atoms with Crippen LogP contribution in [0.1, 0.15) is 33.5 Å². The molecule has 0 fully saturated rings. The van der Waals surface area contributed by atoms with Gasteiger partial charge >= 0.3 is 0 Å². The first-order valence-electron chi connectivity index (χ1n) is 6.94. The molecule has 0 bridgehead atoms. The summed E-state index contributed by atoms with van der Waals surface area (Å²) in [6.07, 6.45) is 1.88. The lowest BCUT2D eigenvalue weighted by atomic mass is 9.96. The van der Waals surface area contributed by atoms with Crippen LogP contribution in [-0.2, 0) is 6.42 Å². The van der Waals surface area contributed by atoms with Gasteiger partial charge in [-0.15, -0.1) is 0 Å². The Morgan fingerprint density at radius 3 is 2.76 bits per heavy atom. The van der Waals surface area contributed by atoms with Gasteiger partial charge in [-0.3, -0.25) is 4.79 Å². The Hall–Kier alpha value is -2.23. The summed E-state index contributed by atoms with van der Waals surface area (Å²) in [5.74, 6) is -2.52. The second-order valence-electron chi connectivity index (χ2n) is 5.29. The zero-order valence-corrected chi connectivity index (χ0v) is 11.7. The Labute approximate surface area is 121 Å². The van der Waals surface area contributed by atoms with Gasteiger partial charge in [0.05, 0.1) is 5.56 Å². The van der Waals surface area contributed by atoms with Gasteiger partial charge in [-0.25, -0.2) is 8.78 Å². The molecule has 3 rings (SSSR count). The molecule has 1 aliphatic rings. The Balaban J connectivity index is 2.01. The molecular weight excluding hydrogens is 272 g/mol. The predicted octanol–water partition coefficient (Wildman–Crippen LogP) is 3.86. The van der Waals surface area contributed by atoms with Crippen molar-refractivity contribution in [2.75, 3.05) is 11.9 Å². The van der Waals surface area contributed by atoms with Crippen LogP contribution in [-0.4, -0.2) is 12.3 Å². The lowest BCUT2D eigenvalue weighted by Crippen LogP contribution is -2.13. The smallest absolute Gasteiger partial charge is 0.196 e. The van der Waals surface area contributed by atoms with Crippen LogP contribution in [0.2, 0.25) is 0 Å². The minimum atomic E-state index is -1.07. The molecule has 108 valence electrons. The number of benzene rings is 2. The normalized spacial score (nSPS) is 13.5. The van der Waals surface area contributed by atoms with Crippen molar-refractivity contribution in [3.63, 3.8) is 0 Å². The van der Waals surface area contributed by atoms with Crippen molar-refractivity contribution in [3.05, 3.63) is 64.2 Å². The first-order chi connectivity index (χ1) is 10.1. The van der Waals surface area contributed by atoms with Crippen molar-refractivity contribution < 1.29 is 13.6 Å². The molecule has 1 N–H and O–H groups in total.